The van der Waals surface area contributed by atoms with Gasteiger partial charge in [0.25, 0.3) is 0 Å². The Morgan fingerprint density at radius 2 is 0.891 bits per heavy atom. The SMILES string of the molecule is CCCCP(=O)(Oc1ccccc1)Oc1ccccc1.O=C(NCCCP(=O)(Oc1ccccc1)Oc1ccccc1)C(F)(F)F. The zero-order valence-corrected chi connectivity index (χ0v) is 27.0. The number of hydrogen-bond donors (Lipinski definition) is 1. The zero-order chi connectivity index (χ0) is 33.3. The van der Waals surface area contributed by atoms with Crippen LogP contribution in [0.3, 0.4) is 0 Å². The average molecular weight is 678 g/mol. The fraction of sp³-hybridized carbons (Fsp3) is 0.242. The highest BCUT2D eigenvalue weighted by Gasteiger charge is 2.38. The maximum atomic E-state index is 13.0. The van der Waals surface area contributed by atoms with Crippen LogP contribution in [0.15, 0.2) is 121 Å². The molecule has 0 spiro atoms. The molecular formula is C33H36F3NO7P2. The molecule has 8 nitrogen and oxygen atoms in total. The predicted molar refractivity (Wildman–Crippen MR) is 172 cm³/mol. The van der Waals surface area contributed by atoms with E-state index in [9.17, 15) is 27.1 Å². The Morgan fingerprint density at radius 3 is 1.17 bits per heavy atom. The van der Waals surface area contributed by atoms with Crippen LogP contribution in [0.25, 0.3) is 0 Å². The Kier molecular flexibility index (Phi) is 14.2. The van der Waals surface area contributed by atoms with Gasteiger partial charge in [-0.25, -0.2) is 9.13 Å². The third kappa shape index (κ3) is 13.4. The zero-order valence-electron chi connectivity index (χ0n) is 25.2. The van der Waals surface area contributed by atoms with Gasteiger partial charge in [-0.05, 0) is 61.4 Å². The minimum Gasteiger partial charge on any atom is -0.416 e. The van der Waals surface area contributed by atoms with Gasteiger partial charge >= 0.3 is 27.3 Å². The molecule has 0 aliphatic carbocycles. The molecule has 0 fully saturated rings. The number of rotatable bonds is 15. The first-order valence-electron chi connectivity index (χ1n) is 14.5. The third-order valence-corrected chi connectivity index (χ3v) is 9.57. The summed E-state index contributed by atoms with van der Waals surface area (Å²) in [7, 11) is -6.88. The summed E-state index contributed by atoms with van der Waals surface area (Å²) >= 11 is 0. The lowest BCUT2D eigenvalue weighted by Gasteiger charge is -2.20. The minimum atomic E-state index is -4.95. The van der Waals surface area contributed by atoms with E-state index in [0.717, 1.165) is 12.8 Å². The van der Waals surface area contributed by atoms with Crippen LogP contribution in [0.5, 0.6) is 23.0 Å². The van der Waals surface area contributed by atoms with Gasteiger partial charge in [0, 0.05) is 6.54 Å². The summed E-state index contributed by atoms with van der Waals surface area (Å²) in [5.41, 5.74) is 0. The number of carbonyl (C=O) groups excluding carboxylic acids is 1. The van der Waals surface area contributed by atoms with E-state index in [1.165, 1.54) is 0 Å². The standard InChI is InChI=1S/C17H17F3NO4P.C16H19O3P/c18-17(19,20)16(22)21-12-7-13-26(23,24-14-8-3-1-4-9-14)25-15-10-5-2-6-11-15;1-2-3-14-20(17,18-15-10-6-4-7-11-15)19-16-12-8-5-9-13-16/h1-6,8-11H,7,12-13H2,(H,21,22);4-13H,2-3,14H2,1H3. The third-order valence-electron chi connectivity index (χ3n) is 5.89. The number of amides is 1. The maximum absolute atomic E-state index is 13.0. The molecule has 1 N–H and O–H groups in total. The fourth-order valence-corrected chi connectivity index (χ4v) is 7.17. The van der Waals surface area contributed by atoms with Crippen LogP contribution in [0.1, 0.15) is 26.2 Å². The second-order valence-electron chi connectivity index (χ2n) is 9.75. The predicted octanol–water partition coefficient (Wildman–Crippen LogP) is 9.54. The van der Waals surface area contributed by atoms with Crippen molar-refractivity contribution in [2.75, 3.05) is 18.9 Å². The van der Waals surface area contributed by atoms with Crippen LogP contribution in [0.2, 0.25) is 0 Å². The molecule has 0 aliphatic heterocycles. The molecule has 0 saturated carbocycles. The molecule has 13 heteroatoms. The number of unbranched alkanes of at least 4 members (excludes halogenated alkanes) is 1. The van der Waals surface area contributed by atoms with Crippen molar-refractivity contribution in [1.82, 2.24) is 5.32 Å². The highest BCUT2D eigenvalue weighted by Crippen LogP contribution is 2.50. The van der Waals surface area contributed by atoms with E-state index in [2.05, 4.69) is 6.92 Å². The molecule has 0 unspecified atom stereocenters. The lowest BCUT2D eigenvalue weighted by molar-refractivity contribution is -0.173. The molecule has 0 bridgehead atoms. The van der Waals surface area contributed by atoms with Crippen LogP contribution in [0.4, 0.5) is 13.2 Å². The van der Waals surface area contributed by atoms with Gasteiger partial charge in [-0.2, -0.15) is 13.2 Å². The minimum absolute atomic E-state index is 0.0151. The lowest BCUT2D eigenvalue weighted by atomic mass is 10.3. The van der Waals surface area contributed by atoms with Crippen LogP contribution in [-0.2, 0) is 13.9 Å². The van der Waals surface area contributed by atoms with Gasteiger partial charge in [0.15, 0.2) is 0 Å². The topological polar surface area (TPSA) is 100 Å². The smallest absolute Gasteiger partial charge is 0.416 e. The van der Waals surface area contributed by atoms with Crippen molar-refractivity contribution in [2.24, 2.45) is 0 Å². The number of halogens is 3. The quantitative estimate of drug-likeness (QED) is 0.0988. The van der Waals surface area contributed by atoms with E-state index in [-0.39, 0.29) is 19.1 Å². The van der Waals surface area contributed by atoms with Crippen molar-refractivity contribution in [2.45, 2.75) is 32.4 Å². The Labute approximate surface area is 266 Å². The van der Waals surface area contributed by atoms with Gasteiger partial charge in [0.2, 0.25) is 0 Å². The summed E-state index contributed by atoms with van der Waals surface area (Å²) < 4.78 is 84.6. The van der Waals surface area contributed by atoms with Gasteiger partial charge in [0.05, 0.1) is 12.3 Å². The molecule has 1 amide bonds. The van der Waals surface area contributed by atoms with Gasteiger partial charge in [-0.1, -0.05) is 86.1 Å². The molecule has 0 radical (unpaired) electrons. The number of carbonyl (C=O) groups is 1. The molecule has 0 aliphatic rings. The van der Waals surface area contributed by atoms with Crippen molar-refractivity contribution in [3.63, 3.8) is 0 Å². The summed E-state index contributed by atoms with van der Waals surface area (Å²) in [4.78, 5) is 10.8. The molecule has 4 rings (SSSR count). The van der Waals surface area contributed by atoms with Gasteiger partial charge in [-0.15, -0.1) is 0 Å². The van der Waals surface area contributed by atoms with E-state index in [1.54, 1.807) is 90.2 Å². The highest BCUT2D eigenvalue weighted by atomic mass is 31.2. The van der Waals surface area contributed by atoms with Gasteiger partial charge < -0.3 is 23.4 Å². The summed E-state index contributed by atoms with van der Waals surface area (Å²) in [5, 5.41) is 1.73. The largest absolute Gasteiger partial charge is 0.471 e. The molecule has 4 aromatic carbocycles. The molecule has 0 aromatic heterocycles. The van der Waals surface area contributed by atoms with E-state index in [4.69, 9.17) is 18.1 Å². The van der Waals surface area contributed by atoms with Crippen molar-refractivity contribution in [3.8, 4) is 23.0 Å². The van der Waals surface area contributed by atoms with Crippen LogP contribution in [-0.4, -0.2) is 31.0 Å². The second kappa shape index (κ2) is 18.1. The summed E-state index contributed by atoms with van der Waals surface area (Å²) in [6.07, 6.45) is -2.98. The number of hydrogen-bond acceptors (Lipinski definition) is 7. The molecule has 246 valence electrons. The summed E-state index contributed by atoms with van der Waals surface area (Å²) in [5.74, 6) is -0.275. The molecule has 0 atom stereocenters. The highest BCUT2D eigenvalue weighted by molar-refractivity contribution is 7.55. The number of nitrogens with one attached hydrogen (secondary N) is 1. The first-order chi connectivity index (χ1) is 22.0. The lowest BCUT2D eigenvalue weighted by Crippen LogP contribution is -2.37. The van der Waals surface area contributed by atoms with Gasteiger partial charge in [0.1, 0.15) is 23.0 Å². The first kappa shape index (κ1) is 36.3. The molecule has 0 saturated heterocycles. The first-order valence-corrected chi connectivity index (χ1v) is 18.0. The molecule has 0 heterocycles. The fourth-order valence-electron chi connectivity index (χ4n) is 3.71. The van der Waals surface area contributed by atoms with Crippen LogP contribution in [0, 0.1) is 0 Å². The maximum Gasteiger partial charge on any atom is 0.471 e. The van der Waals surface area contributed by atoms with Crippen molar-refractivity contribution < 1.29 is 45.2 Å². The molecular weight excluding hydrogens is 641 g/mol. The average Bonchev–Trinajstić information content (AvgIpc) is 3.04. The van der Waals surface area contributed by atoms with E-state index in [0.29, 0.717) is 29.2 Å². The van der Waals surface area contributed by atoms with E-state index < -0.39 is 27.3 Å². The van der Waals surface area contributed by atoms with Crippen LogP contribution >= 0.6 is 15.2 Å². The second-order valence-corrected chi connectivity index (χ2v) is 13.8. The molecule has 46 heavy (non-hydrogen) atoms. The number of benzene rings is 4. The number of alkyl halides is 3. The van der Waals surface area contributed by atoms with Gasteiger partial charge in [-0.3, -0.25) is 4.79 Å². The van der Waals surface area contributed by atoms with Crippen molar-refractivity contribution in [3.05, 3.63) is 121 Å². The Morgan fingerprint density at radius 1 is 0.587 bits per heavy atom. The van der Waals surface area contributed by atoms with Crippen LogP contribution < -0.4 is 23.4 Å². The van der Waals surface area contributed by atoms with Crippen molar-refractivity contribution >= 4 is 21.1 Å². The summed E-state index contributed by atoms with van der Waals surface area (Å²) in [6.45, 7) is 1.74. The van der Waals surface area contributed by atoms with E-state index in [1.807, 2.05) is 36.4 Å². The monoisotopic (exact) mass is 677 g/mol. The number of para-hydroxylation sites is 4. The Bertz CT molecular complexity index is 1450. The Hall–Kier alpha value is -4.20. The Balaban J connectivity index is 0.000000259. The normalized spacial score (nSPS) is 11.4. The molecule has 4 aromatic rings. The van der Waals surface area contributed by atoms with Crippen molar-refractivity contribution in [1.29, 1.82) is 0 Å². The van der Waals surface area contributed by atoms with E-state index >= 15 is 0 Å². The summed E-state index contributed by atoms with van der Waals surface area (Å²) in [6, 6.07) is 34.9.